The number of pyridine rings is 1. The standard InChI is InChI=1S/C24H32N4O2SSi/c1-15(2)32(16(3)4,17(5)6)12-9-19-18(7)23(29)28(14-21-25-10-11-30-21)22-20(19)13-26-24(27-22)31-8/h10-11,13,15-17H,14H2,1-8H3. The summed E-state index contributed by atoms with van der Waals surface area (Å²) in [5.41, 5.74) is 7.05. The lowest BCUT2D eigenvalue weighted by molar-refractivity contribution is 0.477. The van der Waals surface area contributed by atoms with E-state index in [4.69, 9.17) is 4.42 Å². The molecule has 3 aromatic rings. The first-order chi connectivity index (χ1) is 15.1. The van der Waals surface area contributed by atoms with E-state index >= 15 is 0 Å². The van der Waals surface area contributed by atoms with Crippen LogP contribution >= 0.6 is 11.8 Å². The predicted octanol–water partition coefficient (Wildman–Crippen LogP) is 5.43. The molecule has 0 fully saturated rings. The van der Waals surface area contributed by atoms with E-state index in [1.54, 1.807) is 17.0 Å². The Balaban J connectivity index is 2.32. The molecule has 0 saturated carbocycles. The van der Waals surface area contributed by atoms with Gasteiger partial charge in [0.25, 0.3) is 5.56 Å². The first-order valence-corrected chi connectivity index (χ1v) is 14.4. The molecular weight excluding hydrogens is 436 g/mol. The number of nitrogens with zero attached hydrogens (tertiary/aromatic N) is 4. The van der Waals surface area contributed by atoms with Crippen LogP contribution in [0.25, 0.3) is 11.0 Å². The van der Waals surface area contributed by atoms with Crippen molar-refractivity contribution in [2.45, 2.75) is 76.8 Å². The molecule has 0 aliphatic rings. The minimum Gasteiger partial charge on any atom is -0.447 e. The molecule has 3 aromatic heterocycles. The van der Waals surface area contributed by atoms with Crippen LogP contribution < -0.4 is 5.56 Å². The third kappa shape index (κ3) is 4.28. The van der Waals surface area contributed by atoms with Gasteiger partial charge in [0.1, 0.15) is 26.5 Å². The largest absolute Gasteiger partial charge is 0.447 e. The van der Waals surface area contributed by atoms with Gasteiger partial charge in [0.2, 0.25) is 5.89 Å². The van der Waals surface area contributed by atoms with Crippen LogP contribution in [-0.2, 0) is 6.54 Å². The van der Waals surface area contributed by atoms with Gasteiger partial charge in [0.15, 0.2) is 5.16 Å². The lowest BCUT2D eigenvalue weighted by atomic mass is 10.1. The Kier molecular flexibility index (Phi) is 7.31. The molecule has 32 heavy (non-hydrogen) atoms. The van der Waals surface area contributed by atoms with E-state index in [1.807, 2.05) is 13.2 Å². The Bertz CT molecular complexity index is 1200. The average molecular weight is 469 g/mol. The zero-order valence-corrected chi connectivity index (χ0v) is 22.0. The number of thioether (sulfide) groups is 1. The molecule has 0 radical (unpaired) electrons. The topological polar surface area (TPSA) is 73.8 Å². The predicted molar refractivity (Wildman–Crippen MR) is 134 cm³/mol. The van der Waals surface area contributed by atoms with Gasteiger partial charge in [0, 0.05) is 17.3 Å². The summed E-state index contributed by atoms with van der Waals surface area (Å²) in [5, 5.41) is 1.40. The van der Waals surface area contributed by atoms with Crippen molar-refractivity contribution in [1.82, 2.24) is 19.5 Å². The van der Waals surface area contributed by atoms with Gasteiger partial charge in [-0.25, -0.2) is 15.0 Å². The molecule has 0 N–H and O–H groups in total. The van der Waals surface area contributed by atoms with Crippen LogP contribution in [0.2, 0.25) is 16.6 Å². The minimum atomic E-state index is -1.96. The summed E-state index contributed by atoms with van der Waals surface area (Å²) >= 11 is 1.44. The van der Waals surface area contributed by atoms with Crippen molar-refractivity contribution in [1.29, 1.82) is 0 Å². The maximum absolute atomic E-state index is 13.4. The molecule has 6 nitrogen and oxygen atoms in total. The van der Waals surface area contributed by atoms with Crippen LogP contribution in [0.15, 0.2) is 33.0 Å². The van der Waals surface area contributed by atoms with Gasteiger partial charge in [-0.1, -0.05) is 59.2 Å². The second kappa shape index (κ2) is 9.63. The maximum Gasteiger partial charge on any atom is 0.256 e. The Morgan fingerprint density at radius 2 is 1.78 bits per heavy atom. The molecule has 3 rings (SSSR count). The fraction of sp³-hybridized carbons (Fsp3) is 0.500. The molecule has 0 unspecified atom stereocenters. The van der Waals surface area contributed by atoms with Gasteiger partial charge in [-0.15, -0.1) is 5.54 Å². The van der Waals surface area contributed by atoms with Crippen molar-refractivity contribution in [2.75, 3.05) is 6.26 Å². The number of fused-ring (bicyclic) bond motifs is 1. The normalized spacial score (nSPS) is 12.1. The van der Waals surface area contributed by atoms with Crippen LogP contribution in [0, 0.1) is 18.4 Å². The van der Waals surface area contributed by atoms with E-state index in [9.17, 15) is 4.79 Å². The molecule has 0 spiro atoms. The van der Waals surface area contributed by atoms with Crippen LogP contribution in [0.4, 0.5) is 0 Å². The summed E-state index contributed by atoms with van der Waals surface area (Å²) in [7, 11) is -1.96. The van der Waals surface area contributed by atoms with Gasteiger partial charge < -0.3 is 4.42 Å². The van der Waals surface area contributed by atoms with Crippen molar-refractivity contribution < 1.29 is 4.42 Å². The molecule has 0 saturated heterocycles. The van der Waals surface area contributed by atoms with Crippen LogP contribution in [0.1, 0.15) is 58.6 Å². The minimum absolute atomic E-state index is 0.128. The lowest BCUT2D eigenvalue weighted by Crippen LogP contribution is -2.43. The van der Waals surface area contributed by atoms with E-state index in [0.29, 0.717) is 38.9 Å². The molecule has 0 atom stereocenters. The SMILES string of the molecule is CSc1ncc2c(C#C[Si](C(C)C)(C(C)C)C(C)C)c(C)c(=O)n(Cc3ncco3)c2n1. The number of aromatic nitrogens is 4. The molecule has 8 heteroatoms. The number of rotatable bonds is 6. The third-order valence-electron chi connectivity index (χ3n) is 6.44. The molecule has 3 heterocycles. The molecular formula is C24H32N4O2SSi. The van der Waals surface area contributed by atoms with E-state index in [-0.39, 0.29) is 12.1 Å². The van der Waals surface area contributed by atoms with Gasteiger partial charge in [-0.3, -0.25) is 9.36 Å². The Morgan fingerprint density at radius 3 is 2.31 bits per heavy atom. The first kappa shape index (κ1) is 24.3. The second-order valence-corrected chi connectivity index (χ2v) is 15.4. The Hall–Kier alpha value is -2.37. The zero-order valence-electron chi connectivity index (χ0n) is 20.2. The van der Waals surface area contributed by atoms with E-state index in [0.717, 1.165) is 10.9 Å². The van der Waals surface area contributed by atoms with Gasteiger partial charge in [-0.2, -0.15) is 0 Å². The smallest absolute Gasteiger partial charge is 0.256 e. The molecule has 0 aromatic carbocycles. The second-order valence-electron chi connectivity index (χ2n) is 9.06. The number of hydrogen-bond acceptors (Lipinski definition) is 6. The highest BCUT2D eigenvalue weighted by Gasteiger charge is 2.41. The van der Waals surface area contributed by atoms with E-state index in [2.05, 4.69) is 68.0 Å². The third-order valence-corrected chi connectivity index (χ3v) is 13.3. The average Bonchev–Trinajstić information content (AvgIpc) is 3.26. The molecule has 0 amide bonds. The number of hydrogen-bond donors (Lipinski definition) is 0. The van der Waals surface area contributed by atoms with Crippen molar-refractivity contribution >= 4 is 30.9 Å². The molecule has 0 bridgehead atoms. The van der Waals surface area contributed by atoms with Crippen molar-refractivity contribution in [3.05, 3.63) is 46.0 Å². The van der Waals surface area contributed by atoms with Crippen LogP contribution in [-0.4, -0.2) is 33.8 Å². The molecule has 0 aliphatic carbocycles. The Labute approximate surface area is 195 Å². The van der Waals surface area contributed by atoms with E-state index in [1.165, 1.54) is 18.0 Å². The van der Waals surface area contributed by atoms with Gasteiger partial charge in [-0.05, 0) is 29.8 Å². The fourth-order valence-electron chi connectivity index (χ4n) is 4.82. The van der Waals surface area contributed by atoms with Crippen molar-refractivity contribution in [3.63, 3.8) is 0 Å². The lowest BCUT2D eigenvalue weighted by Gasteiger charge is -2.38. The van der Waals surface area contributed by atoms with Crippen LogP contribution in [0.3, 0.4) is 0 Å². The van der Waals surface area contributed by atoms with Crippen molar-refractivity contribution in [2.24, 2.45) is 0 Å². The maximum atomic E-state index is 13.4. The summed E-state index contributed by atoms with van der Waals surface area (Å²) in [6, 6.07) is 0. The van der Waals surface area contributed by atoms with Crippen molar-refractivity contribution in [3.8, 4) is 11.5 Å². The summed E-state index contributed by atoms with van der Waals surface area (Å²) in [5.74, 6) is 3.94. The summed E-state index contributed by atoms with van der Waals surface area (Å²) < 4.78 is 7.01. The van der Waals surface area contributed by atoms with Gasteiger partial charge in [0.05, 0.1) is 11.6 Å². The summed E-state index contributed by atoms with van der Waals surface area (Å²) in [6.07, 6.45) is 6.79. The number of oxazole rings is 1. The van der Waals surface area contributed by atoms with E-state index < -0.39 is 8.07 Å². The monoisotopic (exact) mass is 468 g/mol. The molecule has 170 valence electrons. The summed E-state index contributed by atoms with van der Waals surface area (Å²) in [4.78, 5) is 26.8. The zero-order chi connectivity index (χ0) is 23.6. The van der Waals surface area contributed by atoms with Gasteiger partial charge >= 0.3 is 0 Å². The first-order valence-electron chi connectivity index (χ1n) is 11.0. The Morgan fingerprint density at radius 1 is 1.12 bits per heavy atom. The highest BCUT2D eigenvalue weighted by molar-refractivity contribution is 7.98. The highest BCUT2D eigenvalue weighted by atomic mass is 32.2. The summed E-state index contributed by atoms with van der Waals surface area (Å²) in [6.45, 7) is 15.8. The quantitative estimate of drug-likeness (QED) is 0.208. The fourth-order valence-corrected chi connectivity index (χ4v) is 10.4. The highest BCUT2D eigenvalue weighted by Crippen LogP contribution is 2.41. The molecule has 0 aliphatic heterocycles. The van der Waals surface area contributed by atoms with Crippen LogP contribution in [0.5, 0.6) is 0 Å².